The molecule has 0 radical (unpaired) electrons. The van der Waals surface area contributed by atoms with Crippen LogP contribution in [0.4, 0.5) is 11.6 Å². The van der Waals surface area contributed by atoms with E-state index in [4.69, 9.17) is 21.6 Å². The molecular weight excluding hydrogens is 426 g/mol. The summed E-state index contributed by atoms with van der Waals surface area (Å²) in [5, 5.41) is 25.8. The Morgan fingerprint density at radius 2 is 2.15 bits per heavy atom. The van der Waals surface area contributed by atoms with Gasteiger partial charge in [0.2, 0.25) is 11.8 Å². The number of nitrogens with one attached hydrogen (secondary N) is 2. The van der Waals surface area contributed by atoms with Gasteiger partial charge in [0.25, 0.3) is 5.56 Å². The van der Waals surface area contributed by atoms with Gasteiger partial charge in [-0.1, -0.05) is 18.1 Å². The average Bonchev–Trinajstić information content (AvgIpc) is 3.21. The number of hydrogen-bond donors (Lipinski definition) is 5. The number of nitrogen functional groups attached to an aromatic ring is 1. The summed E-state index contributed by atoms with van der Waals surface area (Å²) in [6.45, 7) is -0.401. The highest BCUT2D eigenvalue weighted by Crippen LogP contribution is 2.65. The summed E-state index contributed by atoms with van der Waals surface area (Å²) in [4.78, 5) is 24.6. The maximum Gasteiger partial charge on any atom is 0.256 e. The topological polar surface area (TPSA) is 156 Å². The number of fused-ring (bicyclic) bond motifs is 5. The van der Waals surface area contributed by atoms with Gasteiger partial charge in [-0.25, -0.2) is 9.97 Å². The number of aromatic amines is 1. The predicted octanol–water partition coefficient (Wildman–Crippen LogP) is 0.414. The van der Waals surface area contributed by atoms with Crippen LogP contribution in [-0.2, 0) is 11.2 Å². The van der Waals surface area contributed by atoms with E-state index in [0.29, 0.717) is 17.0 Å². The van der Waals surface area contributed by atoms with Crippen molar-refractivity contribution in [2.75, 3.05) is 31.3 Å². The second-order valence-electron chi connectivity index (χ2n) is 7.87. The van der Waals surface area contributed by atoms with E-state index in [1.807, 2.05) is 0 Å². The van der Waals surface area contributed by atoms with Crippen LogP contribution in [-0.4, -0.2) is 45.4 Å². The molecule has 0 unspecified atom stereocenters. The number of rotatable bonds is 5. The first kappa shape index (κ1) is 20.8. The molecule has 1 aromatic carbocycles. The van der Waals surface area contributed by atoms with Crippen LogP contribution in [0.5, 0.6) is 11.6 Å². The molecule has 10 nitrogen and oxygen atoms in total. The number of pyridine rings is 1. The van der Waals surface area contributed by atoms with Crippen LogP contribution < -0.4 is 26.1 Å². The SMILES string of the molecule is C#CCNc1nc2c(c(=O)[nH]1)[C@@H](CO)[C@]1(c3ccc(N)cc3)Oc3ncc(OC)cc3[C@]21O. The van der Waals surface area contributed by atoms with Crippen molar-refractivity contribution in [2.24, 2.45) is 0 Å². The lowest BCUT2D eigenvalue weighted by Crippen LogP contribution is -2.50. The number of methoxy groups -OCH3 is 1. The summed E-state index contributed by atoms with van der Waals surface area (Å²) < 4.78 is 11.7. The largest absolute Gasteiger partial charge is 0.495 e. The molecule has 33 heavy (non-hydrogen) atoms. The van der Waals surface area contributed by atoms with Crippen molar-refractivity contribution in [3.8, 4) is 24.0 Å². The maximum atomic E-state index is 13.2. The minimum absolute atomic E-state index is 0.0375. The van der Waals surface area contributed by atoms with E-state index in [0.717, 1.165) is 0 Å². The third-order valence-corrected chi connectivity index (χ3v) is 6.26. The molecule has 5 rings (SSSR count). The first-order chi connectivity index (χ1) is 15.9. The van der Waals surface area contributed by atoms with Crippen molar-refractivity contribution in [3.05, 3.63) is 69.3 Å². The van der Waals surface area contributed by atoms with Crippen LogP contribution >= 0.6 is 0 Å². The first-order valence-corrected chi connectivity index (χ1v) is 10.2. The van der Waals surface area contributed by atoms with Crippen LogP contribution in [0, 0.1) is 12.3 Å². The van der Waals surface area contributed by atoms with Crippen molar-refractivity contribution in [3.63, 3.8) is 0 Å². The van der Waals surface area contributed by atoms with E-state index in [1.54, 1.807) is 30.3 Å². The fourth-order valence-corrected chi connectivity index (χ4v) is 4.86. The number of nitrogens with zero attached hydrogens (tertiary/aromatic N) is 2. The van der Waals surface area contributed by atoms with E-state index in [2.05, 4.69) is 26.2 Å². The number of hydrogen-bond acceptors (Lipinski definition) is 9. The van der Waals surface area contributed by atoms with Gasteiger partial charge in [-0.2, -0.15) is 0 Å². The molecule has 0 spiro atoms. The normalized spacial score (nSPS) is 24.2. The highest BCUT2D eigenvalue weighted by atomic mass is 16.5. The summed E-state index contributed by atoms with van der Waals surface area (Å²) in [6, 6.07) is 8.26. The maximum absolute atomic E-state index is 13.2. The Labute approximate surface area is 188 Å². The van der Waals surface area contributed by atoms with E-state index in [-0.39, 0.29) is 35.2 Å². The molecule has 2 aliphatic rings. The first-order valence-electron chi connectivity index (χ1n) is 10.2. The lowest BCUT2D eigenvalue weighted by Gasteiger charge is -2.38. The number of nitrogens with two attached hydrogens (primary N) is 1. The fourth-order valence-electron chi connectivity index (χ4n) is 4.86. The number of ether oxygens (including phenoxy) is 2. The van der Waals surface area contributed by atoms with Crippen LogP contribution in [0.1, 0.15) is 28.3 Å². The van der Waals surface area contributed by atoms with Gasteiger partial charge in [0.1, 0.15) is 5.75 Å². The van der Waals surface area contributed by atoms with Crippen molar-refractivity contribution in [1.29, 1.82) is 0 Å². The summed E-state index contributed by atoms with van der Waals surface area (Å²) in [5.74, 6) is 2.04. The van der Waals surface area contributed by atoms with E-state index < -0.39 is 29.3 Å². The quantitative estimate of drug-likeness (QED) is 0.276. The number of aliphatic hydroxyl groups excluding tert-OH is 1. The van der Waals surface area contributed by atoms with Gasteiger partial charge in [0.15, 0.2) is 11.2 Å². The summed E-state index contributed by atoms with van der Waals surface area (Å²) in [7, 11) is 1.47. The smallest absolute Gasteiger partial charge is 0.256 e. The molecule has 1 aliphatic heterocycles. The molecule has 0 saturated carbocycles. The Balaban J connectivity index is 1.87. The van der Waals surface area contributed by atoms with Crippen molar-refractivity contribution < 1.29 is 19.7 Å². The zero-order valence-corrected chi connectivity index (χ0v) is 17.6. The van der Waals surface area contributed by atoms with E-state index in [1.165, 1.54) is 13.3 Å². The molecule has 0 amide bonds. The van der Waals surface area contributed by atoms with Crippen molar-refractivity contribution in [1.82, 2.24) is 15.0 Å². The third kappa shape index (κ3) is 2.60. The van der Waals surface area contributed by atoms with E-state index in [9.17, 15) is 15.0 Å². The number of aromatic nitrogens is 3. The van der Waals surface area contributed by atoms with Gasteiger partial charge in [0, 0.05) is 11.3 Å². The standard InChI is InChI=1S/C23H21N5O5/c1-3-8-25-21-27-18-17(19(30)28-21)16(11-29)23(12-4-6-13(24)7-5-12)22(18,31)15-9-14(32-2)10-26-20(15)33-23/h1,4-7,9-10,16,29,31H,8,11,24H2,2H3,(H2,25,27,28,30)/t16-,22+,23+/m1/s1. The number of H-pyrrole nitrogens is 1. The minimum atomic E-state index is -1.98. The van der Waals surface area contributed by atoms with Crippen LogP contribution in [0.2, 0.25) is 0 Å². The Hall–Kier alpha value is -4.07. The lowest BCUT2D eigenvalue weighted by molar-refractivity contribution is -0.105. The summed E-state index contributed by atoms with van der Waals surface area (Å²) in [5.41, 5.74) is 3.14. The molecular formula is C23H21N5O5. The highest BCUT2D eigenvalue weighted by Gasteiger charge is 2.73. The molecule has 1 aliphatic carbocycles. The monoisotopic (exact) mass is 447 g/mol. The van der Waals surface area contributed by atoms with Crippen LogP contribution in [0.15, 0.2) is 41.3 Å². The molecule has 3 heterocycles. The zero-order valence-electron chi connectivity index (χ0n) is 17.6. The molecule has 0 fully saturated rings. The molecule has 0 saturated heterocycles. The third-order valence-electron chi connectivity index (χ3n) is 6.26. The van der Waals surface area contributed by atoms with E-state index >= 15 is 0 Å². The minimum Gasteiger partial charge on any atom is -0.495 e. The number of aliphatic hydroxyl groups is 2. The van der Waals surface area contributed by atoms with Crippen molar-refractivity contribution in [2.45, 2.75) is 17.1 Å². The molecule has 0 bridgehead atoms. The van der Waals surface area contributed by atoms with Gasteiger partial charge in [-0.3, -0.25) is 9.78 Å². The van der Waals surface area contributed by atoms with Crippen molar-refractivity contribution >= 4 is 11.6 Å². The molecule has 168 valence electrons. The average molecular weight is 447 g/mol. The van der Waals surface area contributed by atoms with Crippen LogP contribution in [0.3, 0.4) is 0 Å². The second kappa shape index (κ2) is 7.23. The van der Waals surface area contributed by atoms with Gasteiger partial charge < -0.3 is 30.7 Å². The molecule has 6 N–H and O–H groups in total. The van der Waals surface area contributed by atoms with Gasteiger partial charge >= 0.3 is 0 Å². The zero-order chi connectivity index (χ0) is 23.4. The van der Waals surface area contributed by atoms with Crippen LogP contribution in [0.25, 0.3) is 0 Å². The predicted molar refractivity (Wildman–Crippen MR) is 119 cm³/mol. The Morgan fingerprint density at radius 3 is 2.82 bits per heavy atom. The van der Waals surface area contributed by atoms with Gasteiger partial charge in [-0.15, -0.1) is 6.42 Å². The Bertz CT molecular complexity index is 1350. The number of benzene rings is 1. The fraction of sp³-hybridized carbons (Fsp3) is 0.261. The Morgan fingerprint density at radius 1 is 1.39 bits per heavy atom. The second-order valence-corrected chi connectivity index (χ2v) is 7.87. The molecule has 2 aromatic heterocycles. The molecule has 3 atom stereocenters. The van der Waals surface area contributed by atoms with Gasteiger partial charge in [0.05, 0.1) is 49.2 Å². The Kier molecular flexibility index (Phi) is 4.56. The highest BCUT2D eigenvalue weighted by molar-refractivity contribution is 5.62. The van der Waals surface area contributed by atoms with Gasteiger partial charge in [-0.05, 0) is 18.2 Å². The molecule has 3 aromatic rings. The molecule has 10 heteroatoms. The summed E-state index contributed by atoms with van der Waals surface area (Å²) in [6.07, 6.45) is 6.78. The number of terminal acetylenes is 1. The number of anilines is 2. The summed E-state index contributed by atoms with van der Waals surface area (Å²) >= 11 is 0. The lowest BCUT2D eigenvalue weighted by atomic mass is 9.72.